The van der Waals surface area contributed by atoms with Crippen LogP contribution in [0.1, 0.15) is 6.92 Å². The highest BCUT2D eigenvalue weighted by Crippen LogP contribution is 2.32. The Hall–Kier alpha value is -3.28. The Morgan fingerprint density at radius 2 is 2.00 bits per heavy atom. The largest absolute Gasteiger partial charge is 0.508 e. The molecule has 3 rings (SSSR count). The Bertz CT molecular complexity index is 961. The predicted octanol–water partition coefficient (Wildman–Crippen LogP) is 3.73. The van der Waals surface area contributed by atoms with Crippen LogP contribution in [0.2, 0.25) is 0 Å². The SMILES string of the molecule is CCOC(=O)Nc1ccc(O)cc1-c1cc(=O)c2ccccc2o1. The third-order valence-electron chi connectivity index (χ3n) is 3.42. The highest BCUT2D eigenvalue weighted by Gasteiger charge is 2.14. The fourth-order valence-corrected chi connectivity index (χ4v) is 2.36. The molecule has 6 nitrogen and oxygen atoms in total. The van der Waals surface area contributed by atoms with Crippen molar-refractivity contribution < 1.29 is 19.1 Å². The summed E-state index contributed by atoms with van der Waals surface area (Å²) in [4.78, 5) is 23.9. The van der Waals surface area contributed by atoms with E-state index in [4.69, 9.17) is 9.15 Å². The zero-order valence-corrected chi connectivity index (χ0v) is 12.9. The topological polar surface area (TPSA) is 88.8 Å². The van der Waals surface area contributed by atoms with Gasteiger partial charge in [0.2, 0.25) is 0 Å². The summed E-state index contributed by atoms with van der Waals surface area (Å²) in [7, 11) is 0. The Labute approximate surface area is 137 Å². The molecule has 6 heteroatoms. The summed E-state index contributed by atoms with van der Waals surface area (Å²) in [6.07, 6.45) is -0.632. The molecular weight excluding hydrogens is 310 g/mol. The number of rotatable bonds is 3. The van der Waals surface area contributed by atoms with E-state index in [1.54, 1.807) is 31.2 Å². The van der Waals surface area contributed by atoms with E-state index in [0.717, 1.165) is 0 Å². The summed E-state index contributed by atoms with van der Waals surface area (Å²) >= 11 is 0. The van der Waals surface area contributed by atoms with Crippen molar-refractivity contribution in [1.29, 1.82) is 0 Å². The maximum Gasteiger partial charge on any atom is 0.411 e. The number of benzene rings is 2. The van der Waals surface area contributed by atoms with E-state index in [-0.39, 0.29) is 23.5 Å². The van der Waals surface area contributed by atoms with Crippen molar-refractivity contribution in [2.45, 2.75) is 6.92 Å². The number of hydrogen-bond donors (Lipinski definition) is 2. The number of amides is 1. The Morgan fingerprint density at radius 1 is 1.21 bits per heavy atom. The van der Waals surface area contributed by atoms with Gasteiger partial charge in [-0.25, -0.2) is 4.79 Å². The van der Waals surface area contributed by atoms with E-state index >= 15 is 0 Å². The minimum atomic E-state index is -0.632. The van der Waals surface area contributed by atoms with E-state index < -0.39 is 6.09 Å². The lowest BCUT2D eigenvalue weighted by Gasteiger charge is -2.11. The number of phenolic OH excluding ortho intramolecular Hbond substituents is 1. The molecule has 1 aromatic heterocycles. The second kappa shape index (κ2) is 6.45. The molecule has 0 atom stereocenters. The first kappa shape index (κ1) is 15.6. The molecule has 0 aliphatic heterocycles. The van der Waals surface area contributed by atoms with Gasteiger partial charge >= 0.3 is 6.09 Å². The Balaban J connectivity index is 2.13. The van der Waals surface area contributed by atoms with Gasteiger partial charge in [-0.3, -0.25) is 10.1 Å². The lowest BCUT2D eigenvalue weighted by molar-refractivity contribution is 0.168. The second-order valence-corrected chi connectivity index (χ2v) is 5.05. The molecule has 0 radical (unpaired) electrons. The number of ether oxygens (including phenoxy) is 1. The molecule has 0 aliphatic carbocycles. The minimum Gasteiger partial charge on any atom is -0.508 e. The van der Waals surface area contributed by atoms with Gasteiger partial charge in [0.05, 0.1) is 17.7 Å². The predicted molar refractivity (Wildman–Crippen MR) is 90.2 cm³/mol. The molecular formula is C18H15NO5. The number of anilines is 1. The number of nitrogens with one attached hydrogen (secondary N) is 1. The Kier molecular flexibility index (Phi) is 4.20. The van der Waals surface area contributed by atoms with Crippen LogP contribution in [-0.4, -0.2) is 17.8 Å². The monoisotopic (exact) mass is 325 g/mol. The molecule has 0 saturated heterocycles. The lowest BCUT2D eigenvalue weighted by Crippen LogP contribution is -2.14. The number of para-hydroxylation sites is 1. The molecule has 0 fully saturated rings. The van der Waals surface area contributed by atoms with Crippen molar-refractivity contribution in [2.75, 3.05) is 11.9 Å². The van der Waals surface area contributed by atoms with Crippen LogP contribution in [0.25, 0.3) is 22.3 Å². The first-order valence-electron chi connectivity index (χ1n) is 7.38. The number of hydrogen-bond acceptors (Lipinski definition) is 5. The van der Waals surface area contributed by atoms with Gasteiger partial charge in [-0.1, -0.05) is 12.1 Å². The van der Waals surface area contributed by atoms with Crippen molar-refractivity contribution in [3.05, 3.63) is 58.8 Å². The molecule has 24 heavy (non-hydrogen) atoms. The van der Waals surface area contributed by atoms with Crippen molar-refractivity contribution in [3.8, 4) is 17.1 Å². The van der Waals surface area contributed by atoms with Crippen molar-refractivity contribution in [3.63, 3.8) is 0 Å². The molecule has 1 heterocycles. The molecule has 2 N–H and O–H groups in total. The molecule has 0 aliphatic rings. The minimum absolute atomic E-state index is 0.0183. The molecule has 0 saturated carbocycles. The number of aromatic hydroxyl groups is 1. The van der Waals surface area contributed by atoms with E-state index in [1.807, 2.05) is 0 Å². The maximum atomic E-state index is 12.3. The molecule has 0 unspecified atom stereocenters. The standard InChI is InChI=1S/C18H15NO5/c1-2-23-18(22)19-14-8-7-11(20)9-13(14)17-10-15(21)12-5-3-4-6-16(12)24-17/h3-10,20H,2H2,1H3,(H,19,22). The van der Waals surface area contributed by atoms with Crippen LogP contribution in [0.15, 0.2) is 57.7 Å². The summed E-state index contributed by atoms with van der Waals surface area (Å²) in [5.41, 5.74) is 0.957. The van der Waals surface area contributed by atoms with Crippen molar-refractivity contribution >= 4 is 22.7 Å². The summed E-state index contributed by atoms with van der Waals surface area (Å²) < 4.78 is 10.6. The van der Waals surface area contributed by atoms with Gasteiger partial charge in [-0.05, 0) is 37.3 Å². The molecule has 1 amide bonds. The summed E-state index contributed by atoms with van der Waals surface area (Å²) in [5, 5.41) is 12.8. The maximum absolute atomic E-state index is 12.3. The van der Waals surface area contributed by atoms with Crippen LogP contribution in [0.4, 0.5) is 10.5 Å². The zero-order valence-electron chi connectivity index (χ0n) is 12.9. The van der Waals surface area contributed by atoms with Gasteiger partial charge in [0.25, 0.3) is 0 Å². The molecule has 2 aromatic carbocycles. The third-order valence-corrected chi connectivity index (χ3v) is 3.42. The Morgan fingerprint density at radius 3 is 2.79 bits per heavy atom. The van der Waals surface area contributed by atoms with E-state index in [1.165, 1.54) is 24.3 Å². The quantitative estimate of drug-likeness (QED) is 0.716. The smallest absolute Gasteiger partial charge is 0.411 e. The van der Waals surface area contributed by atoms with Crippen LogP contribution in [0.5, 0.6) is 5.75 Å². The third kappa shape index (κ3) is 3.08. The lowest BCUT2D eigenvalue weighted by atomic mass is 10.1. The number of carbonyl (C=O) groups excluding carboxylic acids is 1. The summed E-state index contributed by atoms with van der Waals surface area (Å²) in [6, 6.07) is 12.5. The van der Waals surface area contributed by atoms with Crippen LogP contribution in [0, 0.1) is 0 Å². The first-order valence-corrected chi connectivity index (χ1v) is 7.38. The molecule has 0 bridgehead atoms. The number of carbonyl (C=O) groups is 1. The van der Waals surface area contributed by atoms with Gasteiger partial charge < -0.3 is 14.3 Å². The van der Waals surface area contributed by atoms with Gasteiger partial charge in [-0.2, -0.15) is 0 Å². The second-order valence-electron chi connectivity index (χ2n) is 5.05. The molecule has 122 valence electrons. The van der Waals surface area contributed by atoms with Gasteiger partial charge in [0, 0.05) is 11.6 Å². The fraction of sp³-hybridized carbons (Fsp3) is 0.111. The van der Waals surface area contributed by atoms with Crippen molar-refractivity contribution in [1.82, 2.24) is 0 Å². The van der Waals surface area contributed by atoms with Crippen molar-refractivity contribution in [2.24, 2.45) is 0 Å². The number of fused-ring (bicyclic) bond motifs is 1. The highest BCUT2D eigenvalue weighted by molar-refractivity contribution is 5.91. The van der Waals surface area contributed by atoms with Crippen LogP contribution in [-0.2, 0) is 4.74 Å². The molecule has 0 spiro atoms. The van der Waals surface area contributed by atoms with Crippen LogP contribution in [0.3, 0.4) is 0 Å². The molecule has 3 aromatic rings. The zero-order chi connectivity index (χ0) is 17.1. The van der Waals surface area contributed by atoms with E-state index in [9.17, 15) is 14.7 Å². The van der Waals surface area contributed by atoms with Gasteiger partial charge in [-0.15, -0.1) is 0 Å². The van der Waals surface area contributed by atoms with Gasteiger partial charge in [0.15, 0.2) is 5.43 Å². The normalized spacial score (nSPS) is 10.5. The van der Waals surface area contributed by atoms with E-state index in [0.29, 0.717) is 22.2 Å². The van der Waals surface area contributed by atoms with Crippen LogP contribution >= 0.6 is 0 Å². The average Bonchev–Trinajstić information content (AvgIpc) is 2.56. The fourth-order valence-electron chi connectivity index (χ4n) is 2.36. The summed E-state index contributed by atoms with van der Waals surface area (Å²) in [6.45, 7) is 1.92. The highest BCUT2D eigenvalue weighted by atomic mass is 16.5. The first-order chi connectivity index (χ1) is 11.6. The summed E-state index contributed by atoms with van der Waals surface area (Å²) in [5.74, 6) is 0.219. The average molecular weight is 325 g/mol. The van der Waals surface area contributed by atoms with Crippen LogP contribution < -0.4 is 10.7 Å². The van der Waals surface area contributed by atoms with Gasteiger partial charge in [0.1, 0.15) is 17.1 Å². The number of phenols is 1. The van der Waals surface area contributed by atoms with E-state index in [2.05, 4.69) is 5.32 Å².